The molecule has 0 atom stereocenters. The summed E-state index contributed by atoms with van der Waals surface area (Å²) < 4.78 is 0.782. The monoisotopic (exact) mass is 144 g/mol. The van der Waals surface area contributed by atoms with Gasteiger partial charge in [-0.25, -0.2) is 0 Å². The molecule has 0 heterocycles. The van der Waals surface area contributed by atoms with Crippen molar-refractivity contribution in [2.75, 3.05) is 5.73 Å². The Hall–Kier alpha value is -0.958. The minimum Gasteiger partial charge on any atom is -0.400 e. The maximum atomic E-state index is 8.52. The summed E-state index contributed by atoms with van der Waals surface area (Å²) in [7, 11) is 0. The molecule has 46 valence electrons. The maximum absolute atomic E-state index is 8.52. The second-order valence-corrected chi connectivity index (χ2v) is 2.50. The van der Waals surface area contributed by atoms with Crippen molar-refractivity contribution in [3.8, 4) is 6.07 Å². The van der Waals surface area contributed by atoms with Gasteiger partial charge in [0, 0.05) is 11.3 Å². The van der Waals surface area contributed by atoms with E-state index in [4.69, 9.17) is 11.0 Å². The molecule has 1 aromatic rings. The average molecular weight is 144 g/mol. The van der Waals surface area contributed by atoms with E-state index in [1.54, 1.807) is 18.2 Å². The Morgan fingerprint density at radius 1 is 1.50 bits per heavy atom. The van der Waals surface area contributed by atoms with Crippen molar-refractivity contribution in [2.24, 2.45) is 0 Å². The van der Waals surface area contributed by atoms with E-state index in [0.717, 1.165) is 4.43 Å². The first-order valence-corrected chi connectivity index (χ1v) is 3.37. The topological polar surface area (TPSA) is 49.8 Å². The molecular weight excluding hydrogens is 139 g/mol. The molecule has 1 rings (SSSR count). The van der Waals surface area contributed by atoms with E-state index in [-0.39, 0.29) is 0 Å². The molecule has 0 aliphatic heterocycles. The summed E-state index contributed by atoms with van der Waals surface area (Å²) in [5.74, 6) is 0. The Morgan fingerprint density at radius 3 is 2.70 bits per heavy atom. The summed E-state index contributed by atoms with van der Waals surface area (Å²) in [4.78, 5) is 0. The molecule has 0 aromatic heterocycles. The molecule has 0 amide bonds. The lowest BCUT2D eigenvalue weighted by Gasteiger charge is -2.00. The molecule has 2 N–H and O–H groups in total. The van der Waals surface area contributed by atoms with Gasteiger partial charge in [-0.3, -0.25) is 0 Å². The van der Waals surface area contributed by atoms with Crippen molar-refractivity contribution in [1.29, 1.82) is 5.26 Å². The van der Waals surface area contributed by atoms with E-state index in [9.17, 15) is 0 Å². The molecule has 0 fully saturated rings. The molecule has 10 heavy (non-hydrogen) atoms. The van der Waals surface area contributed by atoms with Gasteiger partial charge >= 0.3 is 0 Å². The molecule has 0 saturated heterocycles. The highest BCUT2D eigenvalue weighted by Gasteiger charge is 1.95. The van der Waals surface area contributed by atoms with Crippen LogP contribution in [0.4, 0.5) is 5.69 Å². The Kier molecular flexibility index (Phi) is 1.97. The zero-order valence-corrected chi connectivity index (χ0v) is 6.49. The number of hydrogen-bond acceptors (Lipinski definition) is 2. The van der Waals surface area contributed by atoms with Crippen LogP contribution in [0.15, 0.2) is 18.2 Å². The van der Waals surface area contributed by atoms with Crippen LogP contribution in [-0.4, -0.2) is 16.3 Å². The number of nitrogen functional groups attached to an aromatic ring is 1. The van der Waals surface area contributed by atoms with Gasteiger partial charge in [-0.15, -0.1) is 0 Å². The van der Waals surface area contributed by atoms with Gasteiger partial charge in [-0.1, -0.05) is 10.5 Å². The van der Waals surface area contributed by atoms with E-state index >= 15 is 0 Å². The van der Waals surface area contributed by atoms with Gasteiger partial charge in [-0.05, 0) is 12.1 Å². The second kappa shape index (κ2) is 2.75. The highest BCUT2D eigenvalue weighted by Crippen LogP contribution is 1.99. The molecule has 2 radical (unpaired) electrons. The molecule has 0 spiro atoms. The smallest absolute Gasteiger partial charge is 0.181 e. The predicted octanol–water partition coefficient (Wildman–Crippen LogP) is -0.0657. The fraction of sp³-hybridized carbons (Fsp3) is 0. The lowest BCUT2D eigenvalue weighted by molar-refractivity contribution is 1.50. The van der Waals surface area contributed by atoms with Crippen LogP contribution in [0.3, 0.4) is 0 Å². The average Bonchev–Trinajstić information content (AvgIpc) is 1.95. The zero-order chi connectivity index (χ0) is 7.56. The molecule has 0 aliphatic carbocycles. The normalized spacial score (nSPS) is 8.70. The standard InChI is InChI=1S/C7H5N2.Al/c8-5-6-2-1-3-7(9)4-6;/h1-3H,9H2;. The number of nitrogens with zero attached hydrogens (tertiary/aromatic N) is 1. The molecule has 0 aliphatic rings. The quantitative estimate of drug-likeness (QED) is 0.409. The van der Waals surface area contributed by atoms with Crippen molar-refractivity contribution in [3.05, 3.63) is 23.8 Å². The van der Waals surface area contributed by atoms with Crippen molar-refractivity contribution in [2.45, 2.75) is 0 Å². The third-order valence-electron chi connectivity index (χ3n) is 1.26. The fourth-order valence-corrected chi connectivity index (χ4v) is 0.938. The van der Waals surface area contributed by atoms with Crippen molar-refractivity contribution < 1.29 is 0 Å². The first kappa shape index (κ1) is 7.15. The zero-order valence-electron chi connectivity index (χ0n) is 5.33. The van der Waals surface area contributed by atoms with Gasteiger partial charge in [0.05, 0.1) is 6.07 Å². The first-order chi connectivity index (χ1) is 4.75. The second-order valence-electron chi connectivity index (χ2n) is 1.92. The molecule has 0 saturated carbocycles. The predicted molar refractivity (Wildman–Crippen MR) is 41.0 cm³/mol. The number of nitrogens with two attached hydrogens (primary N) is 1. The molecule has 1 aromatic carbocycles. The third kappa shape index (κ3) is 1.14. The number of nitriles is 1. The van der Waals surface area contributed by atoms with Gasteiger partial charge in [0.1, 0.15) is 0 Å². The molecule has 3 heteroatoms. The van der Waals surface area contributed by atoms with Gasteiger partial charge in [-0.2, -0.15) is 5.26 Å². The number of hydrogen-bond donors (Lipinski definition) is 1. The van der Waals surface area contributed by atoms with Crippen molar-refractivity contribution in [3.63, 3.8) is 0 Å². The number of rotatable bonds is 0. The summed E-state index contributed by atoms with van der Waals surface area (Å²) in [6, 6.07) is 7.30. The lowest BCUT2D eigenvalue weighted by Crippen LogP contribution is -2.12. The fourth-order valence-electron chi connectivity index (χ4n) is 0.681. The maximum Gasteiger partial charge on any atom is 0.181 e. The molecule has 2 nitrogen and oxygen atoms in total. The third-order valence-corrected chi connectivity index (χ3v) is 1.90. The summed E-state index contributed by atoms with van der Waals surface area (Å²) in [6.45, 7) is 0. The summed E-state index contributed by atoms with van der Waals surface area (Å²) >= 11 is 2.44. The summed E-state index contributed by atoms with van der Waals surface area (Å²) in [6.07, 6.45) is 0. The van der Waals surface area contributed by atoms with E-state index in [0.29, 0.717) is 11.3 Å². The van der Waals surface area contributed by atoms with E-state index in [1.807, 2.05) is 6.07 Å². The van der Waals surface area contributed by atoms with Crippen molar-refractivity contribution in [1.82, 2.24) is 0 Å². The van der Waals surface area contributed by atoms with Crippen LogP contribution in [0.5, 0.6) is 0 Å². The van der Waals surface area contributed by atoms with Crippen LogP contribution in [0.25, 0.3) is 0 Å². The van der Waals surface area contributed by atoms with Crippen LogP contribution in [0.2, 0.25) is 0 Å². The molecule has 0 bridgehead atoms. The number of anilines is 1. The van der Waals surface area contributed by atoms with Crippen LogP contribution in [0, 0.1) is 11.3 Å². The van der Waals surface area contributed by atoms with Gasteiger partial charge in [0.25, 0.3) is 0 Å². The minimum atomic E-state index is 0.616. The lowest BCUT2D eigenvalue weighted by atomic mass is 10.2. The summed E-state index contributed by atoms with van der Waals surface area (Å²) in [5.41, 5.74) is 6.78. The van der Waals surface area contributed by atoms with Crippen LogP contribution < -0.4 is 10.2 Å². The Balaban J connectivity index is 3.31. The minimum absolute atomic E-state index is 0.616. The Bertz CT molecular complexity index is 288. The van der Waals surface area contributed by atoms with E-state index in [1.165, 1.54) is 0 Å². The van der Waals surface area contributed by atoms with Gasteiger partial charge < -0.3 is 5.73 Å². The Labute approximate surface area is 67.7 Å². The van der Waals surface area contributed by atoms with E-state index in [2.05, 4.69) is 16.3 Å². The number of benzene rings is 1. The first-order valence-electron chi connectivity index (χ1n) is 2.79. The van der Waals surface area contributed by atoms with Gasteiger partial charge in [0.15, 0.2) is 16.3 Å². The SMILES string of the molecule is N#Cc1cccc(N)[c]1[Al]. The Morgan fingerprint density at radius 2 is 2.20 bits per heavy atom. The highest BCUT2D eigenvalue weighted by molar-refractivity contribution is 6.37. The summed E-state index contributed by atoms with van der Waals surface area (Å²) in [5, 5.41) is 8.52. The van der Waals surface area contributed by atoms with Crippen LogP contribution >= 0.6 is 0 Å². The highest BCUT2D eigenvalue weighted by atomic mass is 27.0. The van der Waals surface area contributed by atoms with Crippen LogP contribution in [-0.2, 0) is 0 Å². The van der Waals surface area contributed by atoms with Crippen molar-refractivity contribution >= 4 is 26.4 Å². The van der Waals surface area contributed by atoms with E-state index < -0.39 is 0 Å². The molecule has 0 unspecified atom stereocenters. The largest absolute Gasteiger partial charge is 0.400 e. The van der Waals surface area contributed by atoms with Crippen LogP contribution in [0.1, 0.15) is 5.56 Å². The van der Waals surface area contributed by atoms with Gasteiger partial charge in [0.2, 0.25) is 0 Å². The molecular formula is C7H5AlN2.